The zero-order valence-electron chi connectivity index (χ0n) is 25.4. The van der Waals surface area contributed by atoms with Crippen LogP contribution in [0.25, 0.3) is 0 Å². The first kappa shape index (κ1) is 30.5. The average molecular weight is 571 g/mol. The predicted molar refractivity (Wildman–Crippen MR) is 160 cm³/mol. The lowest BCUT2D eigenvalue weighted by molar-refractivity contribution is -0.152. The Balaban J connectivity index is 2.04. The summed E-state index contributed by atoms with van der Waals surface area (Å²) in [5, 5.41) is 0. The van der Waals surface area contributed by atoms with Gasteiger partial charge in [-0.25, -0.2) is 0 Å². The molecule has 0 aromatic heterocycles. The molecule has 8 nitrogen and oxygen atoms in total. The van der Waals surface area contributed by atoms with Crippen LogP contribution in [0.5, 0.6) is 5.75 Å². The molecule has 8 heteroatoms. The number of para-hydroxylation sites is 1. The summed E-state index contributed by atoms with van der Waals surface area (Å²) >= 11 is 0. The summed E-state index contributed by atoms with van der Waals surface area (Å²) in [7, 11) is 2.82. The number of amides is 3. The van der Waals surface area contributed by atoms with Crippen molar-refractivity contribution in [2.24, 2.45) is 10.8 Å². The van der Waals surface area contributed by atoms with Crippen LogP contribution in [0.1, 0.15) is 72.5 Å². The van der Waals surface area contributed by atoms with Crippen molar-refractivity contribution in [2.45, 2.75) is 53.6 Å². The topological polar surface area (TPSA) is 93.2 Å². The van der Waals surface area contributed by atoms with Gasteiger partial charge in [-0.2, -0.15) is 0 Å². The van der Waals surface area contributed by atoms with Gasteiger partial charge < -0.3 is 9.47 Å². The van der Waals surface area contributed by atoms with Gasteiger partial charge in [-0.15, -0.1) is 0 Å². The summed E-state index contributed by atoms with van der Waals surface area (Å²) in [4.78, 5) is 58.8. The summed E-state index contributed by atoms with van der Waals surface area (Å²) in [5.74, 6) is -1.74. The molecule has 2 atom stereocenters. The first-order valence-corrected chi connectivity index (χ1v) is 13.8. The van der Waals surface area contributed by atoms with Gasteiger partial charge in [-0.3, -0.25) is 29.0 Å². The lowest BCUT2D eigenvalue weighted by atomic mass is 9.77. The summed E-state index contributed by atoms with van der Waals surface area (Å²) < 4.78 is 11.0. The van der Waals surface area contributed by atoms with Gasteiger partial charge in [0.25, 0.3) is 17.7 Å². The zero-order chi connectivity index (χ0) is 31.0. The Morgan fingerprint density at radius 3 is 1.83 bits per heavy atom. The van der Waals surface area contributed by atoms with Crippen LogP contribution >= 0.6 is 0 Å². The molecule has 0 spiro atoms. The van der Waals surface area contributed by atoms with Gasteiger partial charge in [0.1, 0.15) is 11.8 Å². The van der Waals surface area contributed by atoms with Gasteiger partial charge in [0.15, 0.2) is 0 Å². The van der Waals surface area contributed by atoms with Gasteiger partial charge in [0.2, 0.25) is 0 Å². The van der Waals surface area contributed by atoms with E-state index in [0.29, 0.717) is 22.6 Å². The van der Waals surface area contributed by atoms with E-state index in [9.17, 15) is 14.4 Å². The quantitative estimate of drug-likeness (QED) is 0.244. The van der Waals surface area contributed by atoms with Crippen LogP contribution in [-0.4, -0.2) is 48.9 Å². The molecule has 1 heterocycles. The van der Waals surface area contributed by atoms with Crippen molar-refractivity contribution in [3.05, 3.63) is 95.1 Å². The number of ether oxygens (including phenoxy) is 2. The smallest absolute Gasteiger partial charge is 0.313 e. The molecule has 0 N–H and O–H groups in total. The van der Waals surface area contributed by atoms with Crippen LogP contribution in [0, 0.1) is 17.8 Å². The molecule has 0 fully saturated rings. The molecule has 4 rings (SSSR count). The number of imide groups is 1. The number of nitrogens with zero attached hydrogens (tertiary/aromatic N) is 2. The molecule has 3 aromatic rings. The van der Waals surface area contributed by atoms with Gasteiger partial charge in [0, 0.05) is 0 Å². The van der Waals surface area contributed by atoms with Gasteiger partial charge in [-0.05, 0) is 55.5 Å². The minimum absolute atomic E-state index is 0.249. The van der Waals surface area contributed by atoms with E-state index < -0.39 is 46.6 Å². The minimum atomic E-state index is -1.27. The van der Waals surface area contributed by atoms with Gasteiger partial charge in [-0.1, -0.05) is 75.4 Å². The summed E-state index contributed by atoms with van der Waals surface area (Å²) in [6.07, 6.45) is 0. The van der Waals surface area contributed by atoms with E-state index in [0.717, 1.165) is 4.90 Å². The fourth-order valence-electron chi connectivity index (χ4n) is 5.81. The molecular weight excluding hydrogens is 532 g/mol. The number of esters is 1. The fourth-order valence-corrected chi connectivity index (χ4v) is 5.81. The summed E-state index contributed by atoms with van der Waals surface area (Å²) in [6.45, 7) is 10.7. The Morgan fingerprint density at radius 2 is 1.33 bits per heavy atom. The number of anilines is 1. The molecule has 42 heavy (non-hydrogen) atoms. The van der Waals surface area contributed by atoms with Crippen molar-refractivity contribution in [1.82, 2.24) is 4.90 Å². The van der Waals surface area contributed by atoms with E-state index >= 15 is 4.79 Å². The number of methoxy groups -OCH3 is 2. The Hall–Kier alpha value is -4.46. The van der Waals surface area contributed by atoms with E-state index in [1.54, 1.807) is 44.2 Å². The van der Waals surface area contributed by atoms with Gasteiger partial charge >= 0.3 is 5.97 Å². The van der Waals surface area contributed by atoms with Crippen LogP contribution in [0.15, 0.2) is 72.8 Å². The highest BCUT2D eigenvalue weighted by Crippen LogP contribution is 2.47. The number of carbonyl (C=O) groups is 4. The number of hydrogen-bond acceptors (Lipinski definition) is 6. The molecule has 0 saturated carbocycles. The lowest BCUT2D eigenvalue weighted by Crippen LogP contribution is -2.59. The van der Waals surface area contributed by atoms with Crippen LogP contribution in [-0.2, 0) is 14.3 Å². The van der Waals surface area contributed by atoms with Crippen LogP contribution in [0.3, 0.4) is 0 Å². The average Bonchev–Trinajstić information content (AvgIpc) is 3.20. The first-order valence-electron chi connectivity index (χ1n) is 13.8. The third-order valence-corrected chi connectivity index (χ3v) is 7.81. The summed E-state index contributed by atoms with van der Waals surface area (Å²) in [6, 6.07) is 19.0. The third kappa shape index (κ3) is 5.17. The molecule has 3 aromatic carbocycles. The van der Waals surface area contributed by atoms with Crippen molar-refractivity contribution in [3.63, 3.8) is 0 Å². The maximum Gasteiger partial charge on any atom is 0.313 e. The first-order chi connectivity index (χ1) is 19.8. The Bertz CT molecular complexity index is 1490. The maximum atomic E-state index is 15.3. The molecule has 1 aliphatic rings. The molecule has 0 radical (unpaired) electrons. The monoisotopic (exact) mass is 570 g/mol. The molecule has 0 aliphatic carbocycles. The highest BCUT2D eigenvalue weighted by molar-refractivity contribution is 6.23. The number of carbonyl (C=O) groups excluding carboxylic acids is 4. The van der Waals surface area contributed by atoms with E-state index in [1.807, 2.05) is 70.2 Å². The second-order valence-corrected chi connectivity index (χ2v) is 12.2. The SMILES string of the molecule is COC(=O)C(C)(C)[C@H](c1ccccc1)N(C(=O)[C@@H](N1C(=O)c2ccccc2C1=O)C(C)(C)C)c1c(C)cccc1OC. The predicted octanol–water partition coefficient (Wildman–Crippen LogP) is 5.99. The van der Waals surface area contributed by atoms with Crippen molar-refractivity contribution >= 4 is 29.4 Å². The largest absolute Gasteiger partial charge is 0.495 e. The number of fused-ring (bicyclic) bond motifs is 1. The number of benzene rings is 3. The van der Waals surface area contributed by atoms with E-state index in [2.05, 4.69) is 0 Å². The minimum Gasteiger partial charge on any atom is -0.495 e. The normalized spacial score (nSPS) is 14.7. The third-order valence-electron chi connectivity index (χ3n) is 7.81. The molecular formula is C34H38N2O6. The Labute approximate surface area is 247 Å². The lowest BCUT2D eigenvalue weighted by Gasteiger charge is -2.45. The number of aryl methyl sites for hydroxylation is 1. The molecule has 1 aliphatic heterocycles. The van der Waals surface area contributed by atoms with Crippen molar-refractivity contribution in [2.75, 3.05) is 19.1 Å². The molecule has 0 saturated heterocycles. The molecule has 0 bridgehead atoms. The van der Waals surface area contributed by atoms with Gasteiger partial charge in [0.05, 0.1) is 42.5 Å². The zero-order valence-corrected chi connectivity index (χ0v) is 25.4. The highest BCUT2D eigenvalue weighted by atomic mass is 16.5. The second-order valence-electron chi connectivity index (χ2n) is 12.2. The summed E-state index contributed by atoms with van der Waals surface area (Å²) in [5.41, 5.74) is 0.138. The van der Waals surface area contributed by atoms with E-state index in [-0.39, 0.29) is 11.1 Å². The molecule has 3 amide bonds. The van der Waals surface area contributed by atoms with Crippen molar-refractivity contribution < 1.29 is 28.7 Å². The van der Waals surface area contributed by atoms with Crippen LogP contribution in [0.4, 0.5) is 5.69 Å². The second kappa shape index (κ2) is 11.4. The number of hydrogen-bond donors (Lipinski definition) is 0. The van der Waals surface area contributed by atoms with E-state index in [1.165, 1.54) is 19.1 Å². The number of rotatable bonds is 8. The Kier molecular flexibility index (Phi) is 8.30. The standard InChI is InChI=1S/C34H38N2O6/c1-21-15-14-20-25(41-7)26(21)35(27(22-16-10-9-11-17-22)34(5,6)32(40)42-8)31(39)28(33(2,3)4)36-29(37)23-18-12-13-19-24(23)30(36)38/h9-20,27-28H,1-8H3/t27-,28+/m0/s1. The van der Waals surface area contributed by atoms with Crippen molar-refractivity contribution in [3.8, 4) is 5.75 Å². The van der Waals surface area contributed by atoms with Crippen LogP contribution in [0.2, 0.25) is 0 Å². The molecule has 220 valence electrons. The maximum absolute atomic E-state index is 15.3. The Morgan fingerprint density at radius 1 is 0.786 bits per heavy atom. The fraction of sp³-hybridized carbons (Fsp3) is 0.353. The van der Waals surface area contributed by atoms with Crippen molar-refractivity contribution in [1.29, 1.82) is 0 Å². The molecule has 0 unspecified atom stereocenters. The van der Waals surface area contributed by atoms with Crippen LogP contribution < -0.4 is 9.64 Å². The highest BCUT2D eigenvalue weighted by Gasteiger charge is 2.53. The van der Waals surface area contributed by atoms with E-state index in [4.69, 9.17) is 9.47 Å².